The molecule has 0 saturated carbocycles. The van der Waals surface area contributed by atoms with Crippen LogP contribution in [0.25, 0.3) is 11.1 Å². The number of carbonyl (C=O) groups excluding carboxylic acids is 1. The van der Waals surface area contributed by atoms with Gasteiger partial charge in [-0.05, 0) is 72.9 Å². The molecule has 2 aromatic carbocycles. The summed E-state index contributed by atoms with van der Waals surface area (Å²) >= 11 is 6.28. The van der Waals surface area contributed by atoms with E-state index in [1.165, 1.54) is 24.3 Å². The number of aromatic nitrogens is 2. The molecular weight excluding hydrogens is 623 g/mol. The Morgan fingerprint density at radius 2 is 1.91 bits per heavy atom. The fraction of sp³-hybridized carbons (Fsp3) is 0.485. The number of ether oxygens (including phenoxy) is 3. The second kappa shape index (κ2) is 13.9. The topological polar surface area (TPSA) is 112 Å². The average molecular weight is 662 g/mol. The number of piperidine rings is 1. The van der Waals surface area contributed by atoms with Crippen LogP contribution in [-0.4, -0.2) is 61.0 Å². The Kier molecular flexibility index (Phi) is 10.2. The molecular formula is C33H39ClF3N5O4. The first-order chi connectivity index (χ1) is 21.9. The maximum atomic E-state index is 14.7. The fourth-order valence-corrected chi connectivity index (χ4v) is 6.19. The van der Waals surface area contributed by atoms with Crippen molar-refractivity contribution in [3.05, 3.63) is 59.1 Å². The van der Waals surface area contributed by atoms with Gasteiger partial charge < -0.3 is 30.2 Å². The minimum absolute atomic E-state index is 0.0741. The van der Waals surface area contributed by atoms with Crippen LogP contribution in [0, 0.1) is 11.3 Å². The highest BCUT2D eigenvalue weighted by Crippen LogP contribution is 2.44. The number of nitrogen functional groups attached to an aromatic ring is 1. The average Bonchev–Trinajstić information content (AvgIpc) is 3.42. The van der Waals surface area contributed by atoms with Crippen LogP contribution in [0.3, 0.4) is 0 Å². The van der Waals surface area contributed by atoms with Crippen LogP contribution >= 0.6 is 11.6 Å². The van der Waals surface area contributed by atoms with Crippen LogP contribution in [0.5, 0.6) is 11.6 Å². The molecule has 46 heavy (non-hydrogen) atoms. The Hall–Kier alpha value is -3.77. The number of nitrogens with one attached hydrogen (secondary N) is 1. The molecule has 0 radical (unpaired) electrons. The Morgan fingerprint density at radius 3 is 2.61 bits per heavy atom. The zero-order valence-electron chi connectivity index (χ0n) is 26.1. The minimum atomic E-state index is -4.81. The van der Waals surface area contributed by atoms with Gasteiger partial charge >= 0.3 is 12.1 Å². The number of anilines is 2. The standard InChI is InChI=1S/C33H39ClF3N5O4/c1-4-44-30(43)26-17-32(19-39-26)10-12-42(13-11-32)27-16-28(41-31(38)40-27)46-29(33(35,36)37)24-9-8-22(34)15-25(24)21-6-5-7-23(14-21)45-18-20(2)3/h5-9,14-16,20,26,29,39H,4,10-13,17-19H2,1-3H3,(H2,38,40,41)/t26-,29+/m0/s1. The van der Waals surface area contributed by atoms with E-state index in [4.69, 9.17) is 31.5 Å². The van der Waals surface area contributed by atoms with Gasteiger partial charge in [0.2, 0.25) is 17.9 Å². The predicted octanol–water partition coefficient (Wildman–Crippen LogP) is 6.61. The first kappa shape index (κ1) is 33.6. The van der Waals surface area contributed by atoms with Gasteiger partial charge in [0.15, 0.2) is 0 Å². The van der Waals surface area contributed by atoms with Crippen molar-refractivity contribution in [2.24, 2.45) is 11.3 Å². The van der Waals surface area contributed by atoms with Crippen molar-refractivity contribution in [3.8, 4) is 22.8 Å². The predicted molar refractivity (Wildman–Crippen MR) is 170 cm³/mol. The van der Waals surface area contributed by atoms with Crippen LogP contribution < -0.4 is 25.4 Å². The summed E-state index contributed by atoms with van der Waals surface area (Å²) in [4.78, 5) is 22.5. The molecule has 2 saturated heterocycles. The van der Waals surface area contributed by atoms with E-state index in [0.29, 0.717) is 56.4 Å². The summed E-state index contributed by atoms with van der Waals surface area (Å²) < 4.78 is 60.8. The summed E-state index contributed by atoms with van der Waals surface area (Å²) in [7, 11) is 0. The summed E-state index contributed by atoms with van der Waals surface area (Å²) in [6.07, 6.45) is -5.00. The fourth-order valence-electron chi connectivity index (χ4n) is 6.02. The van der Waals surface area contributed by atoms with Crippen molar-refractivity contribution in [1.82, 2.24) is 15.3 Å². The lowest BCUT2D eigenvalue weighted by Crippen LogP contribution is -2.41. The quantitative estimate of drug-likeness (QED) is 0.232. The third kappa shape index (κ3) is 7.95. The van der Waals surface area contributed by atoms with Gasteiger partial charge in [-0.2, -0.15) is 23.1 Å². The minimum Gasteiger partial charge on any atom is -0.493 e. The zero-order valence-corrected chi connectivity index (χ0v) is 26.8. The number of hydrogen-bond acceptors (Lipinski definition) is 9. The van der Waals surface area contributed by atoms with Gasteiger partial charge in [0.1, 0.15) is 17.6 Å². The molecule has 2 atom stereocenters. The van der Waals surface area contributed by atoms with Gasteiger partial charge in [0.25, 0.3) is 0 Å². The normalized spacial score (nSPS) is 18.5. The number of halogens is 4. The van der Waals surface area contributed by atoms with E-state index in [1.54, 1.807) is 31.2 Å². The van der Waals surface area contributed by atoms with E-state index < -0.39 is 12.3 Å². The third-order valence-corrected chi connectivity index (χ3v) is 8.58. The molecule has 9 nitrogen and oxygen atoms in total. The Morgan fingerprint density at radius 1 is 1.15 bits per heavy atom. The molecule has 0 unspecified atom stereocenters. The van der Waals surface area contributed by atoms with Crippen molar-refractivity contribution in [2.75, 3.05) is 43.5 Å². The second-order valence-corrected chi connectivity index (χ2v) is 12.7. The van der Waals surface area contributed by atoms with E-state index >= 15 is 0 Å². The van der Waals surface area contributed by atoms with Crippen molar-refractivity contribution in [1.29, 1.82) is 0 Å². The first-order valence-corrected chi connectivity index (χ1v) is 15.8. The molecule has 1 aromatic heterocycles. The maximum Gasteiger partial charge on any atom is 0.429 e. The Bertz CT molecular complexity index is 1530. The number of benzene rings is 2. The van der Waals surface area contributed by atoms with Gasteiger partial charge in [0, 0.05) is 36.3 Å². The molecule has 0 aliphatic carbocycles. The molecule has 3 N–H and O–H groups in total. The molecule has 13 heteroatoms. The first-order valence-electron chi connectivity index (χ1n) is 15.4. The van der Waals surface area contributed by atoms with E-state index in [9.17, 15) is 18.0 Å². The summed E-state index contributed by atoms with van der Waals surface area (Å²) in [5, 5.41) is 3.55. The van der Waals surface area contributed by atoms with E-state index in [-0.39, 0.29) is 51.3 Å². The molecule has 5 rings (SSSR count). The van der Waals surface area contributed by atoms with Crippen LogP contribution in [0.15, 0.2) is 48.5 Å². The highest BCUT2D eigenvalue weighted by Gasteiger charge is 2.46. The van der Waals surface area contributed by atoms with E-state index in [0.717, 1.165) is 12.8 Å². The molecule has 1 spiro atoms. The van der Waals surface area contributed by atoms with Crippen LogP contribution in [0.1, 0.15) is 51.7 Å². The number of nitrogens with zero attached hydrogens (tertiary/aromatic N) is 3. The van der Waals surface area contributed by atoms with Crippen LogP contribution in [0.2, 0.25) is 5.02 Å². The molecule has 0 bridgehead atoms. The number of nitrogens with two attached hydrogens (primary N) is 1. The lowest BCUT2D eigenvalue weighted by molar-refractivity contribution is -0.198. The number of rotatable bonds is 10. The van der Waals surface area contributed by atoms with Gasteiger partial charge in [-0.3, -0.25) is 4.79 Å². The van der Waals surface area contributed by atoms with Gasteiger partial charge in [-0.1, -0.05) is 43.6 Å². The summed E-state index contributed by atoms with van der Waals surface area (Å²) in [5.41, 5.74) is 6.52. The van der Waals surface area contributed by atoms with Crippen molar-refractivity contribution in [3.63, 3.8) is 0 Å². The monoisotopic (exact) mass is 661 g/mol. The number of alkyl halides is 3. The largest absolute Gasteiger partial charge is 0.493 e. The lowest BCUT2D eigenvalue weighted by Gasteiger charge is -2.39. The van der Waals surface area contributed by atoms with Crippen LogP contribution in [0.4, 0.5) is 24.9 Å². The van der Waals surface area contributed by atoms with Crippen molar-refractivity contribution < 1.29 is 32.2 Å². The van der Waals surface area contributed by atoms with Gasteiger partial charge in [-0.25, -0.2) is 0 Å². The molecule has 0 amide bonds. The number of carbonyl (C=O) groups is 1. The molecule has 3 aromatic rings. The van der Waals surface area contributed by atoms with Gasteiger partial charge in [0.05, 0.1) is 13.2 Å². The summed E-state index contributed by atoms with van der Waals surface area (Å²) in [6.45, 7) is 8.42. The molecule has 2 aliphatic rings. The lowest BCUT2D eigenvalue weighted by atomic mass is 9.76. The number of hydrogen-bond donors (Lipinski definition) is 2. The molecule has 248 valence electrons. The smallest absolute Gasteiger partial charge is 0.429 e. The van der Waals surface area contributed by atoms with E-state index in [1.807, 2.05) is 18.7 Å². The number of esters is 1. The molecule has 2 aliphatic heterocycles. The summed E-state index contributed by atoms with van der Waals surface area (Å²) in [6, 6.07) is 12.1. The highest BCUT2D eigenvalue weighted by atomic mass is 35.5. The zero-order chi connectivity index (χ0) is 33.1. The second-order valence-electron chi connectivity index (χ2n) is 12.3. The molecule has 2 fully saturated rings. The third-order valence-electron chi connectivity index (χ3n) is 8.35. The van der Waals surface area contributed by atoms with Crippen LogP contribution in [-0.2, 0) is 9.53 Å². The SMILES string of the molecule is CCOC(=O)[C@@H]1CC2(CCN(c3cc(O[C@H](c4ccc(Cl)cc4-c4cccc(OCC(C)C)c4)C(F)(F)F)nc(N)n3)CC2)CN1. The van der Waals surface area contributed by atoms with Crippen molar-refractivity contribution in [2.45, 2.75) is 58.4 Å². The highest BCUT2D eigenvalue weighted by molar-refractivity contribution is 6.30. The van der Waals surface area contributed by atoms with E-state index in [2.05, 4.69) is 15.3 Å². The van der Waals surface area contributed by atoms with Crippen molar-refractivity contribution >= 4 is 29.3 Å². The maximum absolute atomic E-state index is 14.7. The molecule has 3 heterocycles. The summed E-state index contributed by atoms with van der Waals surface area (Å²) in [5.74, 6) is 0.422. The Labute approximate surface area is 271 Å². The Balaban J connectivity index is 1.38. The van der Waals surface area contributed by atoms with Gasteiger partial charge in [-0.15, -0.1) is 0 Å².